The molecule has 1 aromatic carbocycles. The van der Waals surface area contributed by atoms with Crippen LogP contribution in [0.5, 0.6) is 0 Å². The third kappa shape index (κ3) is 2.15. The summed E-state index contributed by atoms with van der Waals surface area (Å²) in [6, 6.07) is 4.60. The van der Waals surface area contributed by atoms with Crippen LogP contribution in [0.3, 0.4) is 0 Å². The van der Waals surface area contributed by atoms with Gasteiger partial charge in [-0.05, 0) is 73.6 Å². The first-order valence-electron chi connectivity index (χ1n) is 7.30. The van der Waals surface area contributed by atoms with Crippen LogP contribution in [-0.2, 0) is 7.05 Å². The molecule has 1 aromatic heterocycles. The molecule has 1 heteroatoms. The maximum absolute atomic E-state index is 2.30. The maximum atomic E-state index is 2.30. The third-order valence-electron chi connectivity index (χ3n) is 5.08. The molecule has 0 amide bonds. The summed E-state index contributed by atoms with van der Waals surface area (Å²) >= 11 is 0. The zero-order valence-corrected chi connectivity index (χ0v) is 14.1. The highest BCUT2D eigenvalue weighted by Crippen LogP contribution is 2.34. The van der Waals surface area contributed by atoms with Gasteiger partial charge in [-0.1, -0.05) is 0 Å². The number of rotatable bonds is 1. The molecule has 0 bridgehead atoms. The number of pyridine rings is 1. The molecule has 0 fully saturated rings. The lowest BCUT2D eigenvalue weighted by atomic mass is 9.86. The van der Waals surface area contributed by atoms with Gasteiger partial charge < -0.3 is 0 Å². The molecule has 1 nitrogen and oxygen atoms in total. The van der Waals surface area contributed by atoms with Crippen LogP contribution in [0.2, 0.25) is 0 Å². The summed E-state index contributed by atoms with van der Waals surface area (Å²) < 4.78 is 2.24. The molecule has 20 heavy (non-hydrogen) atoms. The lowest BCUT2D eigenvalue weighted by molar-refractivity contribution is -0.683. The fraction of sp³-hybridized carbons (Fsp3) is 0.421. The first kappa shape index (κ1) is 14.8. The van der Waals surface area contributed by atoms with Crippen LogP contribution >= 0.6 is 0 Å². The minimum Gasteiger partial charge on any atom is -0.203 e. The monoisotopic (exact) mass is 268 g/mol. The molecule has 0 aliphatic heterocycles. The first-order chi connectivity index (χ1) is 9.25. The van der Waals surface area contributed by atoms with Crippen molar-refractivity contribution in [1.82, 2.24) is 0 Å². The summed E-state index contributed by atoms with van der Waals surface area (Å²) in [7, 11) is 2.12. The zero-order chi connectivity index (χ0) is 15.2. The van der Waals surface area contributed by atoms with E-state index in [0.717, 1.165) is 0 Å². The first-order valence-corrected chi connectivity index (χ1v) is 7.30. The van der Waals surface area contributed by atoms with Gasteiger partial charge in [0, 0.05) is 26.0 Å². The number of nitrogens with zero attached hydrogens (tertiary/aromatic N) is 1. The van der Waals surface area contributed by atoms with E-state index in [1.54, 1.807) is 0 Å². The molecule has 1 heterocycles. The van der Waals surface area contributed by atoms with E-state index in [1.807, 2.05) is 0 Å². The Bertz CT molecular complexity index is 641. The Labute approximate surface area is 123 Å². The molecule has 0 radical (unpaired) electrons. The van der Waals surface area contributed by atoms with E-state index in [-0.39, 0.29) is 0 Å². The average molecular weight is 268 g/mol. The molecule has 2 rings (SSSR count). The van der Waals surface area contributed by atoms with Gasteiger partial charge >= 0.3 is 0 Å². The quantitative estimate of drug-likeness (QED) is 0.678. The van der Waals surface area contributed by atoms with Crippen molar-refractivity contribution in [2.45, 2.75) is 48.5 Å². The topological polar surface area (TPSA) is 3.88 Å². The summed E-state index contributed by atoms with van der Waals surface area (Å²) in [4.78, 5) is 0. The summed E-state index contributed by atoms with van der Waals surface area (Å²) in [5.41, 5.74) is 12.5. The van der Waals surface area contributed by atoms with Gasteiger partial charge in [0.2, 0.25) is 0 Å². The van der Waals surface area contributed by atoms with Crippen LogP contribution in [0.1, 0.15) is 39.2 Å². The normalized spacial score (nSPS) is 11.0. The Balaban J connectivity index is 2.83. The van der Waals surface area contributed by atoms with E-state index in [4.69, 9.17) is 0 Å². The molecule has 0 spiro atoms. The van der Waals surface area contributed by atoms with Crippen molar-refractivity contribution in [3.05, 3.63) is 51.3 Å². The Kier molecular flexibility index (Phi) is 3.73. The lowest BCUT2D eigenvalue weighted by Crippen LogP contribution is -2.35. The average Bonchev–Trinajstić information content (AvgIpc) is 2.40. The van der Waals surface area contributed by atoms with Crippen LogP contribution in [0.25, 0.3) is 11.1 Å². The molecule has 0 aliphatic rings. The fourth-order valence-electron chi connectivity index (χ4n) is 3.04. The third-order valence-corrected chi connectivity index (χ3v) is 5.08. The molecular weight excluding hydrogens is 242 g/mol. The molecule has 0 N–H and O–H groups in total. The SMILES string of the molecule is Cc1c(C)c(C)c(-c2cc(C)[n+](C)c(C)c2)c(C)c1C. The van der Waals surface area contributed by atoms with E-state index in [0.29, 0.717) is 0 Å². The number of benzene rings is 1. The Morgan fingerprint density at radius 1 is 0.600 bits per heavy atom. The summed E-state index contributed by atoms with van der Waals surface area (Å²) in [6.45, 7) is 15.6. The van der Waals surface area contributed by atoms with Crippen molar-refractivity contribution in [1.29, 1.82) is 0 Å². The minimum atomic E-state index is 1.30. The molecule has 2 aromatic rings. The predicted octanol–water partition coefficient (Wildman–Crippen LogP) is 4.34. The number of aryl methyl sites for hydroxylation is 2. The molecule has 106 valence electrons. The van der Waals surface area contributed by atoms with Crippen molar-refractivity contribution in [3.8, 4) is 11.1 Å². The number of aromatic nitrogens is 1. The summed E-state index contributed by atoms with van der Waals surface area (Å²) in [5.74, 6) is 0. The van der Waals surface area contributed by atoms with Gasteiger partial charge in [0.05, 0.1) is 0 Å². The van der Waals surface area contributed by atoms with Crippen LogP contribution in [0, 0.1) is 48.5 Å². The van der Waals surface area contributed by atoms with Gasteiger partial charge in [0.15, 0.2) is 11.4 Å². The van der Waals surface area contributed by atoms with Crippen LogP contribution in [-0.4, -0.2) is 0 Å². The van der Waals surface area contributed by atoms with Gasteiger partial charge in [-0.15, -0.1) is 0 Å². The van der Waals surface area contributed by atoms with Crippen molar-refractivity contribution < 1.29 is 4.57 Å². The maximum Gasteiger partial charge on any atom is 0.178 e. The van der Waals surface area contributed by atoms with Gasteiger partial charge in [-0.3, -0.25) is 0 Å². The predicted molar refractivity (Wildman–Crippen MR) is 86.2 cm³/mol. The van der Waals surface area contributed by atoms with E-state index in [9.17, 15) is 0 Å². The van der Waals surface area contributed by atoms with E-state index in [2.05, 4.69) is 72.2 Å². The van der Waals surface area contributed by atoms with Gasteiger partial charge in [-0.2, -0.15) is 0 Å². The molecule has 0 saturated carbocycles. The molecule has 0 atom stereocenters. The number of hydrogen-bond acceptors (Lipinski definition) is 0. The standard InChI is InChI=1S/C19H26N/c1-11-9-18(10-12(2)20(11)8)19-16(6)14(4)13(3)15(5)17(19)7/h9-10H,1-8H3/q+1. The van der Waals surface area contributed by atoms with Crippen molar-refractivity contribution in [3.63, 3.8) is 0 Å². The smallest absolute Gasteiger partial charge is 0.178 e. The Hall–Kier alpha value is -1.63. The Morgan fingerprint density at radius 2 is 0.950 bits per heavy atom. The number of hydrogen-bond donors (Lipinski definition) is 0. The summed E-state index contributed by atoms with van der Waals surface area (Å²) in [6.07, 6.45) is 0. The van der Waals surface area contributed by atoms with Crippen molar-refractivity contribution in [2.24, 2.45) is 7.05 Å². The molecule has 0 saturated heterocycles. The Morgan fingerprint density at radius 3 is 1.35 bits per heavy atom. The molecule has 0 unspecified atom stereocenters. The second kappa shape index (κ2) is 5.05. The summed E-state index contributed by atoms with van der Waals surface area (Å²) in [5, 5.41) is 0. The largest absolute Gasteiger partial charge is 0.203 e. The fourth-order valence-corrected chi connectivity index (χ4v) is 3.04. The van der Waals surface area contributed by atoms with E-state index < -0.39 is 0 Å². The van der Waals surface area contributed by atoms with E-state index in [1.165, 1.54) is 50.3 Å². The second-order valence-electron chi connectivity index (χ2n) is 6.09. The highest BCUT2D eigenvalue weighted by atomic mass is 14.9. The van der Waals surface area contributed by atoms with E-state index >= 15 is 0 Å². The van der Waals surface area contributed by atoms with Gasteiger partial charge in [0.25, 0.3) is 0 Å². The van der Waals surface area contributed by atoms with Crippen molar-refractivity contribution in [2.75, 3.05) is 0 Å². The van der Waals surface area contributed by atoms with Gasteiger partial charge in [0.1, 0.15) is 7.05 Å². The minimum absolute atomic E-state index is 1.30. The molecule has 0 aliphatic carbocycles. The molecular formula is C19H26N+. The van der Waals surface area contributed by atoms with Crippen molar-refractivity contribution >= 4 is 0 Å². The van der Waals surface area contributed by atoms with Crippen LogP contribution in [0.15, 0.2) is 12.1 Å². The second-order valence-corrected chi connectivity index (χ2v) is 6.09. The van der Waals surface area contributed by atoms with Crippen LogP contribution < -0.4 is 4.57 Å². The van der Waals surface area contributed by atoms with Crippen LogP contribution in [0.4, 0.5) is 0 Å². The highest BCUT2D eigenvalue weighted by Gasteiger charge is 2.16. The highest BCUT2D eigenvalue weighted by molar-refractivity contribution is 5.74. The lowest BCUT2D eigenvalue weighted by Gasteiger charge is -2.19. The zero-order valence-electron chi connectivity index (χ0n) is 14.1. The van der Waals surface area contributed by atoms with Gasteiger partial charge in [-0.25, -0.2) is 4.57 Å².